The summed E-state index contributed by atoms with van der Waals surface area (Å²) >= 11 is 0. The van der Waals surface area contributed by atoms with E-state index in [4.69, 9.17) is 4.42 Å². The maximum Gasteiger partial charge on any atom is 0.320 e. The van der Waals surface area contributed by atoms with Crippen LogP contribution in [-0.2, 0) is 25.7 Å². The molecule has 7 nitrogen and oxygen atoms in total. The van der Waals surface area contributed by atoms with E-state index >= 15 is 0 Å². The molecule has 0 amide bonds. The van der Waals surface area contributed by atoms with E-state index in [1.165, 1.54) is 27.8 Å². The van der Waals surface area contributed by atoms with Crippen molar-refractivity contribution in [2.24, 2.45) is 0 Å². The quantitative estimate of drug-likeness (QED) is 0.511. The van der Waals surface area contributed by atoms with Gasteiger partial charge < -0.3 is 15.1 Å². The molecule has 0 saturated carbocycles. The molecular weight excluding hydrogens is 400 g/mol. The molecule has 0 saturated heterocycles. The lowest BCUT2D eigenvalue weighted by molar-refractivity contribution is 0.583. The van der Waals surface area contributed by atoms with Crippen molar-refractivity contribution in [3.63, 3.8) is 0 Å². The van der Waals surface area contributed by atoms with Gasteiger partial charge in [0.15, 0.2) is 5.69 Å². The van der Waals surface area contributed by atoms with E-state index in [2.05, 4.69) is 73.5 Å². The number of fused-ring (bicyclic) bond motifs is 4. The van der Waals surface area contributed by atoms with Gasteiger partial charge in [-0.05, 0) is 85.6 Å². The van der Waals surface area contributed by atoms with Crippen LogP contribution in [0.1, 0.15) is 28.7 Å². The summed E-state index contributed by atoms with van der Waals surface area (Å²) in [6.07, 6.45) is 5.16. The summed E-state index contributed by atoms with van der Waals surface area (Å²) in [6, 6.07) is 17.2. The fraction of sp³-hybridized carbons (Fsp3) is 0.280. The van der Waals surface area contributed by atoms with Crippen LogP contribution in [-0.4, -0.2) is 33.5 Å². The van der Waals surface area contributed by atoms with Crippen LogP contribution in [0.25, 0.3) is 22.8 Å². The Hall–Kier alpha value is -3.58. The number of nitrogens with zero attached hydrogens (tertiary/aromatic N) is 4. The molecule has 2 aromatic carbocycles. The predicted molar refractivity (Wildman–Crippen MR) is 123 cm³/mol. The summed E-state index contributed by atoms with van der Waals surface area (Å²) < 4.78 is 5.89. The molecule has 3 heterocycles. The fourth-order valence-electron chi connectivity index (χ4n) is 4.64. The molecule has 6 rings (SSSR count). The van der Waals surface area contributed by atoms with Gasteiger partial charge in [-0.25, -0.2) is 0 Å². The zero-order valence-electron chi connectivity index (χ0n) is 17.8. The van der Waals surface area contributed by atoms with Crippen LogP contribution in [0.4, 0.5) is 11.7 Å². The van der Waals surface area contributed by atoms with Crippen molar-refractivity contribution < 1.29 is 4.42 Å². The molecule has 0 bridgehead atoms. The molecule has 160 valence electrons. The number of benzene rings is 2. The van der Waals surface area contributed by atoms with E-state index in [0.29, 0.717) is 17.6 Å². The van der Waals surface area contributed by atoms with Gasteiger partial charge in [-0.3, -0.25) is 0 Å². The second-order valence-corrected chi connectivity index (χ2v) is 8.38. The van der Waals surface area contributed by atoms with Crippen LogP contribution in [0.3, 0.4) is 0 Å². The molecule has 32 heavy (non-hydrogen) atoms. The summed E-state index contributed by atoms with van der Waals surface area (Å²) in [7, 11) is 0. The molecule has 0 spiro atoms. The smallest absolute Gasteiger partial charge is 0.320 e. The van der Waals surface area contributed by atoms with E-state index in [0.717, 1.165) is 56.6 Å². The lowest BCUT2D eigenvalue weighted by Gasteiger charge is -2.08. The number of hydrogen-bond donors (Lipinski definition) is 2. The van der Waals surface area contributed by atoms with E-state index < -0.39 is 0 Å². The van der Waals surface area contributed by atoms with Crippen LogP contribution in [0.2, 0.25) is 0 Å². The van der Waals surface area contributed by atoms with Crippen molar-refractivity contribution in [1.29, 1.82) is 0 Å². The zero-order valence-corrected chi connectivity index (χ0v) is 17.8. The second-order valence-electron chi connectivity index (χ2n) is 8.38. The molecule has 2 aliphatic rings. The molecule has 0 unspecified atom stereocenters. The summed E-state index contributed by atoms with van der Waals surface area (Å²) in [6.45, 7) is 2.03. The van der Waals surface area contributed by atoms with Gasteiger partial charge in [-0.15, -0.1) is 15.3 Å². The van der Waals surface area contributed by atoms with Gasteiger partial charge in [0.1, 0.15) is 0 Å². The SMILES string of the molecule is c1ccc2c(c1)CCCc1cc(-c3nnc(Nc4ccc5c(c4)CCNCC5)o3)nnc1-2. The number of rotatable bonds is 3. The van der Waals surface area contributed by atoms with Gasteiger partial charge in [0.05, 0.1) is 5.69 Å². The monoisotopic (exact) mass is 424 g/mol. The molecule has 7 heteroatoms. The van der Waals surface area contributed by atoms with Gasteiger partial charge in [-0.2, -0.15) is 0 Å². The average molecular weight is 425 g/mol. The molecule has 0 radical (unpaired) electrons. The fourth-order valence-corrected chi connectivity index (χ4v) is 4.64. The van der Waals surface area contributed by atoms with Crippen LogP contribution in [0, 0.1) is 0 Å². The highest BCUT2D eigenvalue weighted by atomic mass is 16.4. The Morgan fingerprint density at radius 1 is 0.750 bits per heavy atom. The lowest BCUT2D eigenvalue weighted by Crippen LogP contribution is -2.16. The molecule has 1 aliphatic carbocycles. The molecule has 4 aromatic rings. The highest BCUT2D eigenvalue weighted by molar-refractivity contribution is 5.69. The second kappa shape index (κ2) is 8.16. The summed E-state index contributed by atoms with van der Waals surface area (Å²) in [4.78, 5) is 0. The standard InChI is InChI=1S/C25H24N6O/c1-2-7-21-17(4-1)5-3-6-19-15-22(28-29-23(19)21)24-30-31-25(32-24)27-20-9-8-16-10-12-26-13-11-18(16)14-20/h1-2,4,7-9,14-15,26H,3,5-6,10-13H2,(H,27,31). The Bertz CT molecular complexity index is 1280. The number of nitrogens with one attached hydrogen (secondary N) is 2. The molecule has 2 N–H and O–H groups in total. The molecule has 0 fully saturated rings. The number of aromatic nitrogens is 4. The average Bonchev–Trinajstić information content (AvgIpc) is 3.05. The first-order chi connectivity index (χ1) is 15.8. The van der Waals surface area contributed by atoms with Gasteiger partial charge in [0.2, 0.25) is 0 Å². The Labute approximate surface area is 186 Å². The van der Waals surface area contributed by atoms with Crippen molar-refractivity contribution in [3.8, 4) is 22.8 Å². The molecular formula is C25H24N6O. The van der Waals surface area contributed by atoms with E-state index in [-0.39, 0.29) is 0 Å². The van der Waals surface area contributed by atoms with Crippen LogP contribution in [0.15, 0.2) is 52.9 Å². The normalized spacial score (nSPS) is 15.1. The van der Waals surface area contributed by atoms with Crippen molar-refractivity contribution in [3.05, 3.63) is 70.8 Å². The minimum atomic E-state index is 0.355. The number of hydrogen-bond acceptors (Lipinski definition) is 7. The highest BCUT2D eigenvalue weighted by Crippen LogP contribution is 2.32. The van der Waals surface area contributed by atoms with Crippen molar-refractivity contribution in [1.82, 2.24) is 25.7 Å². The number of aryl methyl sites for hydroxylation is 2. The predicted octanol–water partition coefficient (Wildman–Crippen LogP) is 4.11. The van der Waals surface area contributed by atoms with E-state index in [9.17, 15) is 0 Å². The maximum atomic E-state index is 5.89. The maximum absolute atomic E-state index is 5.89. The summed E-state index contributed by atoms with van der Waals surface area (Å²) in [5.74, 6) is 0.374. The van der Waals surface area contributed by atoms with Crippen LogP contribution < -0.4 is 10.6 Å². The largest absolute Gasteiger partial charge is 0.401 e. The third kappa shape index (κ3) is 3.65. The van der Waals surface area contributed by atoms with Crippen molar-refractivity contribution in [2.75, 3.05) is 18.4 Å². The van der Waals surface area contributed by atoms with Crippen molar-refractivity contribution >= 4 is 11.7 Å². The molecule has 0 atom stereocenters. The first-order valence-corrected chi connectivity index (χ1v) is 11.2. The highest BCUT2D eigenvalue weighted by Gasteiger charge is 2.19. The Balaban J connectivity index is 1.26. The lowest BCUT2D eigenvalue weighted by atomic mass is 10.0. The molecule has 1 aliphatic heterocycles. The summed E-state index contributed by atoms with van der Waals surface area (Å²) in [5, 5.41) is 24.0. The van der Waals surface area contributed by atoms with E-state index in [1.54, 1.807) is 0 Å². The van der Waals surface area contributed by atoms with Crippen LogP contribution >= 0.6 is 0 Å². The first-order valence-electron chi connectivity index (χ1n) is 11.2. The Morgan fingerprint density at radius 3 is 2.59 bits per heavy atom. The Morgan fingerprint density at radius 2 is 1.62 bits per heavy atom. The third-order valence-corrected chi connectivity index (χ3v) is 6.28. The minimum absolute atomic E-state index is 0.355. The van der Waals surface area contributed by atoms with Gasteiger partial charge in [-0.1, -0.05) is 35.4 Å². The van der Waals surface area contributed by atoms with Crippen LogP contribution in [0.5, 0.6) is 0 Å². The zero-order chi connectivity index (χ0) is 21.3. The Kier molecular flexibility index (Phi) is 4.88. The minimum Gasteiger partial charge on any atom is -0.401 e. The van der Waals surface area contributed by atoms with Gasteiger partial charge in [0.25, 0.3) is 5.89 Å². The first kappa shape index (κ1) is 19.1. The molecule has 2 aromatic heterocycles. The van der Waals surface area contributed by atoms with Gasteiger partial charge >= 0.3 is 6.01 Å². The third-order valence-electron chi connectivity index (χ3n) is 6.28. The van der Waals surface area contributed by atoms with Gasteiger partial charge in [0, 0.05) is 11.3 Å². The topological polar surface area (TPSA) is 88.8 Å². The number of anilines is 2. The summed E-state index contributed by atoms with van der Waals surface area (Å²) in [5.41, 5.74) is 8.94. The van der Waals surface area contributed by atoms with Crippen molar-refractivity contribution in [2.45, 2.75) is 32.1 Å². The van der Waals surface area contributed by atoms with E-state index in [1.807, 2.05) is 6.07 Å².